The number of hydrogen-bond donors (Lipinski definition) is 1. The van der Waals surface area contributed by atoms with E-state index in [9.17, 15) is 0 Å². The van der Waals surface area contributed by atoms with E-state index in [-0.39, 0.29) is 18.0 Å². The minimum absolute atomic E-state index is 0. The maximum Gasteiger partial charge on any atom is 0.154 e. The molecule has 7 heteroatoms. The zero-order valence-electron chi connectivity index (χ0n) is 13.7. The molecule has 25 heavy (non-hydrogen) atoms. The van der Waals surface area contributed by atoms with E-state index in [1.165, 1.54) is 25.9 Å². The van der Waals surface area contributed by atoms with Gasteiger partial charge in [0.25, 0.3) is 0 Å². The van der Waals surface area contributed by atoms with Crippen molar-refractivity contribution < 1.29 is 4.84 Å². The molecule has 1 N–H and O–H groups in total. The molecule has 0 unspecified atom stereocenters. The standard InChI is InChI=1S/C18H19ClN4O.ClH/c19-15-3-1-2-12-8-16(20-10-14(12)15)21-17-9-18(24-22-17)11-23-6-4-13(18)5-7-23;/h1-3,8,10,13H,4-7,9,11H2,(H,20,21,22);1H/t18-;/m0./s1. The van der Waals surface area contributed by atoms with Crippen LogP contribution >= 0.6 is 24.0 Å². The number of amidine groups is 1. The molecule has 4 saturated heterocycles. The molecule has 0 amide bonds. The van der Waals surface area contributed by atoms with Gasteiger partial charge in [-0.25, -0.2) is 9.98 Å². The molecule has 6 rings (SSSR count). The van der Waals surface area contributed by atoms with Crippen LogP contribution in [0.3, 0.4) is 0 Å². The second kappa shape index (κ2) is 6.40. The van der Waals surface area contributed by atoms with E-state index in [1.54, 1.807) is 6.20 Å². The van der Waals surface area contributed by atoms with Crippen LogP contribution in [0.5, 0.6) is 0 Å². The Morgan fingerprint density at radius 3 is 2.92 bits per heavy atom. The summed E-state index contributed by atoms with van der Waals surface area (Å²) in [7, 11) is 0. The van der Waals surface area contributed by atoms with Gasteiger partial charge in [0.15, 0.2) is 5.82 Å². The molecule has 0 radical (unpaired) electrons. The lowest BCUT2D eigenvalue weighted by Crippen LogP contribution is -2.59. The second-order valence-corrected chi connectivity index (χ2v) is 7.47. The van der Waals surface area contributed by atoms with Crippen LogP contribution in [0.4, 0.5) is 5.82 Å². The highest BCUT2D eigenvalue weighted by Crippen LogP contribution is 2.42. The lowest BCUT2D eigenvalue weighted by Gasteiger charge is -2.49. The van der Waals surface area contributed by atoms with Gasteiger partial charge in [0.05, 0.1) is 0 Å². The van der Waals surface area contributed by atoms with Gasteiger partial charge >= 0.3 is 0 Å². The number of nitrogens with one attached hydrogen (secondary N) is 1. The van der Waals surface area contributed by atoms with Crippen molar-refractivity contribution in [3.05, 3.63) is 35.5 Å². The Kier molecular flexibility index (Phi) is 4.36. The molecule has 1 atom stereocenters. The normalized spacial score (nSPS) is 32.1. The number of fused-ring (bicyclic) bond motifs is 3. The Morgan fingerprint density at radius 1 is 1.32 bits per heavy atom. The van der Waals surface area contributed by atoms with Crippen LogP contribution in [-0.2, 0) is 4.84 Å². The Bertz CT molecular complexity index is 835. The van der Waals surface area contributed by atoms with Crippen LogP contribution in [0, 0.1) is 5.92 Å². The zero-order valence-corrected chi connectivity index (χ0v) is 15.3. The summed E-state index contributed by atoms with van der Waals surface area (Å²) in [4.78, 5) is 17.6. The summed E-state index contributed by atoms with van der Waals surface area (Å²) in [6, 6.07) is 7.82. The van der Waals surface area contributed by atoms with Crippen LogP contribution in [0.1, 0.15) is 19.3 Å². The minimum Gasteiger partial charge on any atom is -0.300 e. The van der Waals surface area contributed by atoms with Gasteiger partial charge in [0.2, 0.25) is 0 Å². The van der Waals surface area contributed by atoms with Gasteiger partial charge < -0.3 is 4.90 Å². The number of aromatic nitrogens is 1. The molecule has 1 aromatic carbocycles. The van der Waals surface area contributed by atoms with Gasteiger partial charge in [-0.15, -0.1) is 12.4 Å². The second-order valence-electron chi connectivity index (χ2n) is 7.06. The molecule has 0 saturated carbocycles. The summed E-state index contributed by atoms with van der Waals surface area (Å²) in [6.45, 7) is 3.41. The summed E-state index contributed by atoms with van der Waals surface area (Å²) in [6.07, 6.45) is 5.07. The quantitative estimate of drug-likeness (QED) is 0.821. The van der Waals surface area contributed by atoms with Crippen molar-refractivity contribution in [2.75, 3.05) is 19.6 Å². The van der Waals surface area contributed by atoms with Gasteiger partial charge in [-0.05, 0) is 49.4 Å². The van der Waals surface area contributed by atoms with Crippen molar-refractivity contribution in [2.45, 2.75) is 24.9 Å². The number of aliphatic imine (C=N–C) groups is 1. The van der Waals surface area contributed by atoms with Crippen molar-refractivity contribution in [3.63, 3.8) is 0 Å². The average Bonchev–Trinajstić information content (AvgIpc) is 2.98. The molecule has 4 aliphatic heterocycles. The molecule has 0 aliphatic carbocycles. The number of benzene rings is 1. The predicted octanol–water partition coefficient (Wildman–Crippen LogP) is 3.73. The highest BCUT2D eigenvalue weighted by atomic mass is 35.5. The molecular weight excluding hydrogens is 359 g/mol. The zero-order chi connectivity index (χ0) is 16.1. The summed E-state index contributed by atoms with van der Waals surface area (Å²) < 4.78 is 0. The summed E-state index contributed by atoms with van der Waals surface area (Å²) in [5.41, 5.74) is 2.97. The van der Waals surface area contributed by atoms with E-state index < -0.39 is 0 Å². The number of hydroxylamine groups is 1. The molecule has 2 bridgehead atoms. The number of halogens is 2. The first-order valence-electron chi connectivity index (χ1n) is 8.50. The third kappa shape index (κ3) is 2.89. The lowest BCUT2D eigenvalue weighted by molar-refractivity contribution is -0.150. The van der Waals surface area contributed by atoms with Crippen molar-refractivity contribution >= 4 is 46.4 Å². The van der Waals surface area contributed by atoms with Crippen LogP contribution in [0.2, 0.25) is 5.02 Å². The molecular formula is C18H20Cl2N4O. The minimum atomic E-state index is -0.102. The van der Waals surface area contributed by atoms with E-state index in [0.717, 1.165) is 29.6 Å². The van der Waals surface area contributed by atoms with Crippen LogP contribution in [-0.4, -0.2) is 41.0 Å². The summed E-state index contributed by atoms with van der Waals surface area (Å²) in [5, 5.41) is 2.72. The molecule has 132 valence electrons. The van der Waals surface area contributed by atoms with E-state index >= 15 is 0 Å². The predicted molar refractivity (Wildman–Crippen MR) is 102 cm³/mol. The molecule has 5 nitrogen and oxygen atoms in total. The van der Waals surface area contributed by atoms with Gasteiger partial charge in [0, 0.05) is 29.6 Å². The third-order valence-corrected chi connectivity index (χ3v) is 5.94. The van der Waals surface area contributed by atoms with Crippen molar-refractivity contribution in [1.29, 1.82) is 0 Å². The maximum absolute atomic E-state index is 6.20. The average molecular weight is 379 g/mol. The first-order chi connectivity index (χ1) is 11.7. The maximum atomic E-state index is 6.20. The number of hydrogen-bond acceptors (Lipinski definition) is 4. The fraction of sp³-hybridized carbons (Fsp3) is 0.444. The van der Waals surface area contributed by atoms with Crippen molar-refractivity contribution in [1.82, 2.24) is 15.4 Å². The molecule has 1 aromatic heterocycles. The number of nitrogens with zero attached hydrogens (tertiary/aromatic N) is 3. The highest BCUT2D eigenvalue weighted by molar-refractivity contribution is 6.35. The molecule has 4 fully saturated rings. The Hall–Kier alpha value is -1.40. The SMILES string of the molecule is Cl.Clc1cccc2cc(N=C3C[C@@]4(CN5CCC4CC5)ON3)ncc12. The third-order valence-electron chi connectivity index (χ3n) is 5.61. The highest BCUT2D eigenvalue weighted by Gasteiger charge is 2.52. The first-order valence-corrected chi connectivity index (χ1v) is 8.88. The Labute approximate surface area is 157 Å². The monoisotopic (exact) mass is 378 g/mol. The van der Waals surface area contributed by atoms with Gasteiger partial charge in [0.1, 0.15) is 11.4 Å². The number of piperidine rings is 3. The molecule has 5 heterocycles. The van der Waals surface area contributed by atoms with Gasteiger partial charge in [-0.3, -0.25) is 10.3 Å². The topological polar surface area (TPSA) is 49.8 Å². The molecule has 4 aliphatic rings. The fourth-order valence-corrected chi connectivity index (χ4v) is 4.57. The van der Waals surface area contributed by atoms with Gasteiger partial charge in [-0.1, -0.05) is 23.7 Å². The van der Waals surface area contributed by atoms with Crippen LogP contribution < -0.4 is 5.48 Å². The fourth-order valence-electron chi connectivity index (χ4n) is 4.34. The summed E-state index contributed by atoms with van der Waals surface area (Å²) in [5.74, 6) is 2.19. The Morgan fingerprint density at radius 2 is 2.16 bits per heavy atom. The van der Waals surface area contributed by atoms with E-state index in [1.807, 2.05) is 24.3 Å². The lowest BCUT2D eigenvalue weighted by atomic mass is 9.74. The van der Waals surface area contributed by atoms with Crippen LogP contribution in [0.15, 0.2) is 35.5 Å². The molecule has 1 spiro atoms. The smallest absolute Gasteiger partial charge is 0.154 e. The number of rotatable bonds is 1. The summed E-state index contributed by atoms with van der Waals surface area (Å²) >= 11 is 6.20. The van der Waals surface area contributed by atoms with E-state index in [2.05, 4.69) is 20.4 Å². The van der Waals surface area contributed by atoms with E-state index in [4.69, 9.17) is 16.4 Å². The van der Waals surface area contributed by atoms with Crippen molar-refractivity contribution in [3.8, 4) is 0 Å². The molecule has 2 aromatic rings. The van der Waals surface area contributed by atoms with Crippen LogP contribution in [0.25, 0.3) is 10.8 Å². The number of pyridine rings is 1. The van der Waals surface area contributed by atoms with Gasteiger partial charge in [-0.2, -0.15) is 0 Å². The van der Waals surface area contributed by atoms with Crippen molar-refractivity contribution in [2.24, 2.45) is 10.9 Å². The largest absolute Gasteiger partial charge is 0.300 e. The Balaban J connectivity index is 0.00000157. The van der Waals surface area contributed by atoms with E-state index in [0.29, 0.717) is 16.8 Å². The first kappa shape index (κ1) is 17.0.